The smallest absolute Gasteiger partial charge is 0.310 e. The molecule has 0 aliphatic carbocycles. The summed E-state index contributed by atoms with van der Waals surface area (Å²) in [6.45, 7) is 7.60. The second-order valence-corrected chi connectivity index (χ2v) is 7.25. The van der Waals surface area contributed by atoms with E-state index in [0.717, 1.165) is 11.3 Å². The molecular weight excluding hydrogens is 368 g/mol. The van der Waals surface area contributed by atoms with Gasteiger partial charge in [-0.25, -0.2) is 9.67 Å². The Kier molecular flexibility index (Phi) is 5.77. The molecule has 1 aromatic heterocycles. The lowest BCUT2D eigenvalue weighted by Gasteiger charge is -2.12. The fourth-order valence-corrected chi connectivity index (χ4v) is 3.10. The first-order valence-electron chi connectivity index (χ1n) is 9.45. The van der Waals surface area contributed by atoms with E-state index in [1.165, 1.54) is 0 Å². The fraction of sp³-hybridized carbons (Fsp3) is 0.273. The summed E-state index contributed by atoms with van der Waals surface area (Å²) in [6, 6.07) is 14.7. The molecule has 1 atom stereocenters. The van der Waals surface area contributed by atoms with Gasteiger partial charge in [-0.2, -0.15) is 0 Å². The maximum atomic E-state index is 12.7. The molecule has 150 valence electrons. The van der Waals surface area contributed by atoms with Crippen LogP contribution in [0.25, 0.3) is 5.69 Å². The highest BCUT2D eigenvalue weighted by Crippen LogP contribution is 2.23. The Labute approximate surface area is 169 Å². The minimum absolute atomic E-state index is 0.0535. The lowest BCUT2D eigenvalue weighted by atomic mass is 10.0. The van der Waals surface area contributed by atoms with Crippen LogP contribution in [0.3, 0.4) is 0 Å². The summed E-state index contributed by atoms with van der Waals surface area (Å²) in [5.41, 5.74) is 3.11. The number of carboxylic acid groups (broad SMARTS) is 1. The Morgan fingerprint density at radius 2 is 1.79 bits per heavy atom. The number of rotatable bonds is 6. The molecule has 29 heavy (non-hydrogen) atoms. The fourth-order valence-electron chi connectivity index (χ4n) is 3.10. The van der Waals surface area contributed by atoms with Crippen molar-refractivity contribution in [2.24, 2.45) is 0 Å². The van der Waals surface area contributed by atoms with E-state index in [1.807, 2.05) is 24.3 Å². The number of nitrogens with zero attached hydrogens (tertiary/aromatic N) is 3. The molecule has 0 aliphatic rings. The molecule has 2 aromatic carbocycles. The average Bonchev–Trinajstić information content (AvgIpc) is 3.09. The Hall–Kier alpha value is -3.48. The molecule has 0 radical (unpaired) electrons. The van der Waals surface area contributed by atoms with E-state index in [9.17, 15) is 14.7 Å². The number of hydrogen-bond donors (Lipinski definition) is 2. The van der Waals surface area contributed by atoms with E-state index in [1.54, 1.807) is 42.8 Å². The zero-order valence-electron chi connectivity index (χ0n) is 16.9. The third-order valence-electron chi connectivity index (χ3n) is 4.77. The largest absolute Gasteiger partial charge is 0.481 e. The molecule has 0 saturated carbocycles. The Morgan fingerprint density at radius 3 is 2.48 bits per heavy atom. The van der Waals surface area contributed by atoms with Crippen molar-refractivity contribution in [3.8, 4) is 5.69 Å². The van der Waals surface area contributed by atoms with Crippen LogP contribution < -0.4 is 5.32 Å². The minimum Gasteiger partial charge on any atom is -0.481 e. The topological polar surface area (TPSA) is 97.1 Å². The molecular formula is C22H24N4O3. The average molecular weight is 392 g/mol. The number of aliphatic carboxylic acids is 1. The molecule has 0 aliphatic heterocycles. The van der Waals surface area contributed by atoms with Crippen molar-refractivity contribution in [3.05, 3.63) is 71.3 Å². The number of benzene rings is 2. The van der Waals surface area contributed by atoms with Gasteiger partial charge >= 0.3 is 5.97 Å². The number of aromatic nitrogens is 3. The number of carboxylic acids is 1. The van der Waals surface area contributed by atoms with Crippen molar-refractivity contribution < 1.29 is 14.7 Å². The number of carbonyl (C=O) groups excluding carboxylic acids is 1. The number of anilines is 1. The highest BCUT2D eigenvalue weighted by atomic mass is 16.4. The summed E-state index contributed by atoms with van der Waals surface area (Å²) in [6.07, 6.45) is 0. The van der Waals surface area contributed by atoms with Crippen molar-refractivity contribution in [1.82, 2.24) is 14.8 Å². The third-order valence-corrected chi connectivity index (χ3v) is 4.77. The monoisotopic (exact) mass is 392 g/mol. The minimum atomic E-state index is -0.923. The molecule has 0 bridgehead atoms. The number of aryl methyl sites for hydroxylation is 1. The van der Waals surface area contributed by atoms with Crippen LogP contribution >= 0.6 is 0 Å². The Balaban J connectivity index is 1.87. The predicted molar refractivity (Wildman–Crippen MR) is 111 cm³/mol. The molecule has 3 aromatic rings. The molecule has 0 saturated heterocycles. The molecule has 1 unspecified atom stereocenters. The number of amides is 1. The van der Waals surface area contributed by atoms with E-state index in [0.29, 0.717) is 23.0 Å². The second-order valence-electron chi connectivity index (χ2n) is 7.25. The van der Waals surface area contributed by atoms with E-state index in [-0.39, 0.29) is 5.82 Å². The molecule has 1 heterocycles. The van der Waals surface area contributed by atoms with E-state index < -0.39 is 17.8 Å². The van der Waals surface area contributed by atoms with Crippen molar-refractivity contribution in [2.45, 2.75) is 39.5 Å². The van der Waals surface area contributed by atoms with Gasteiger partial charge in [0.2, 0.25) is 5.82 Å². The first-order valence-corrected chi connectivity index (χ1v) is 9.45. The molecule has 7 heteroatoms. The Morgan fingerprint density at radius 1 is 1.07 bits per heavy atom. The normalized spacial score (nSPS) is 12.0. The van der Waals surface area contributed by atoms with Gasteiger partial charge in [0, 0.05) is 5.69 Å². The molecule has 1 amide bonds. The van der Waals surface area contributed by atoms with Crippen LogP contribution in [-0.2, 0) is 4.79 Å². The van der Waals surface area contributed by atoms with Crippen molar-refractivity contribution in [3.63, 3.8) is 0 Å². The third kappa shape index (κ3) is 4.34. The van der Waals surface area contributed by atoms with Gasteiger partial charge in [-0.3, -0.25) is 9.59 Å². The van der Waals surface area contributed by atoms with Crippen molar-refractivity contribution >= 4 is 17.6 Å². The second kappa shape index (κ2) is 8.26. The van der Waals surface area contributed by atoms with Gasteiger partial charge in [0.1, 0.15) is 5.82 Å². The maximum absolute atomic E-state index is 12.7. The van der Waals surface area contributed by atoms with Crippen LogP contribution in [0.5, 0.6) is 0 Å². The lowest BCUT2D eigenvalue weighted by Crippen LogP contribution is -2.15. The lowest BCUT2D eigenvalue weighted by molar-refractivity contribution is -0.138. The summed E-state index contributed by atoms with van der Waals surface area (Å²) in [5.74, 6) is -1.08. The summed E-state index contributed by atoms with van der Waals surface area (Å²) in [4.78, 5) is 28.2. The highest BCUT2D eigenvalue weighted by molar-refractivity contribution is 6.01. The van der Waals surface area contributed by atoms with Gasteiger partial charge < -0.3 is 10.4 Å². The quantitative estimate of drug-likeness (QED) is 0.657. The van der Waals surface area contributed by atoms with Crippen molar-refractivity contribution in [2.75, 3.05) is 5.32 Å². The predicted octanol–water partition coefficient (Wildman–Crippen LogP) is 4.14. The van der Waals surface area contributed by atoms with Crippen LogP contribution in [0.1, 0.15) is 60.2 Å². The number of nitrogens with one attached hydrogen (secondary N) is 1. The van der Waals surface area contributed by atoms with Gasteiger partial charge in [-0.05, 0) is 49.1 Å². The SMILES string of the molecule is Cc1nc(C(=O)Nc2cccc(C(C)C(=O)O)c2)nn1-c1ccccc1C(C)C. The van der Waals surface area contributed by atoms with Gasteiger partial charge in [-0.1, -0.05) is 44.2 Å². The highest BCUT2D eigenvalue weighted by Gasteiger charge is 2.19. The summed E-state index contributed by atoms with van der Waals surface area (Å²) in [5, 5.41) is 16.3. The van der Waals surface area contributed by atoms with Gasteiger partial charge in [0.05, 0.1) is 11.6 Å². The first kappa shape index (κ1) is 20.3. The first-order chi connectivity index (χ1) is 13.8. The van der Waals surface area contributed by atoms with Crippen molar-refractivity contribution in [1.29, 1.82) is 0 Å². The molecule has 2 N–H and O–H groups in total. The molecule has 3 rings (SSSR count). The van der Waals surface area contributed by atoms with Crippen LogP contribution in [0.2, 0.25) is 0 Å². The van der Waals surface area contributed by atoms with Crippen LogP contribution in [0, 0.1) is 6.92 Å². The van der Waals surface area contributed by atoms with Crippen LogP contribution in [0.15, 0.2) is 48.5 Å². The molecule has 7 nitrogen and oxygen atoms in total. The summed E-state index contributed by atoms with van der Waals surface area (Å²) < 4.78 is 1.67. The number of carbonyl (C=O) groups is 2. The Bertz CT molecular complexity index is 1060. The van der Waals surface area contributed by atoms with E-state index >= 15 is 0 Å². The van der Waals surface area contributed by atoms with E-state index in [4.69, 9.17) is 0 Å². The molecule has 0 spiro atoms. The summed E-state index contributed by atoms with van der Waals surface area (Å²) in [7, 11) is 0. The zero-order chi connectivity index (χ0) is 21.1. The molecule has 0 fully saturated rings. The zero-order valence-corrected chi connectivity index (χ0v) is 16.9. The standard InChI is InChI=1S/C22H24N4O3/c1-13(2)18-10-5-6-11-19(18)26-15(4)23-20(25-26)21(27)24-17-9-7-8-16(12-17)14(3)22(28)29/h5-14H,1-4H3,(H,24,27)(H,28,29). The summed E-state index contributed by atoms with van der Waals surface area (Å²) >= 11 is 0. The van der Waals surface area contributed by atoms with Crippen LogP contribution in [-0.4, -0.2) is 31.7 Å². The van der Waals surface area contributed by atoms with E-state index in [2.05, 4.69) is 29.2 Å². The van der Waals surface area contributed by atoms with Gasteiger partial charge in [0.15, 0.2) is 0 Å². The maximum Gasteiger partial charge on any atom is 0.310 e. The number of para-hydroxylation sites is 1. The van der Waals surface area contributed by atoms with Gasteiger partial charge in [0.25, 0.3) is 5.91 Å². The van der Waals surface area contributed by atoms with Gasteiger partial charge in [-0.15, -0.1) is 5.10 Å². The number of hydrogen-bond acceptors (Lipinski definition) is 4. The van der Waals surface area contributed by atoms with Crippen LogP contribution in [0.4, 0.5) is 5.69 Å².